The van der Waals surface area contributed by atoms with Crippen molar-refractivity contribution < 1.29 is 23.9 Å². The molecule has 0 atom stereocenters. The van der Waals surface area contributed by atoms with Crippen molar-refractivity contribution in [3.8, 4) is 16.9 Å². The van der Waals surface area contributed by atoms with E-state index in [0.717, 1.165) is 12.8 Å². The highest BCUT2D eigenvalue weighted by atomic mass is 16.5. The summed E-state index contributed by atoms with van der Waals surface area (Å²) in [5.41, 5.74) is 1.92. The van der Waals surface area contributed by atoms with E-state index in [9.17, 15) is 14.4 Å². The summed E-state index contributed by atoms with van der Waals surface area (Å²) in [6, 6.07) is 6.43. The first kappa shape index (κ1) is 25.8. The van der Waals surface area contributed by atoms with Gasteiger partial charge in [0.05, 0.1) is 13.7 Å². The molecule has 0 saturated heterocycles. The van der Waals surface area contributed by atoms with Gasteiger partial charge >= 0.3 is 5.97 Å². The number of nitrogens with one attached hydrogen (secondary N) is 1. The number of esters is 1. The smallest absolute Gasteiger partial charge is 0.357 e. The first-order valence-corrected chi connectivity index (χ1v) is 11.3. The lowest BCUT2D eigenvalue weighted by Gasteiger charge is -2.15. The molecule has 1 aliphatic carbocycles. The quantitative estimate of drug-likeness (QED) is 0.405. The van der Waals surface area contributed by atoms with E-state index in [1.807, 2.05) is 20.8 Å². The molecule has 7 nitrogen and oxygen atoms in total. The molecule has 7 heteroatoms. The number of carbonyl (C=O) groups is 3. The molecule has 1 aromatic carbocycles. The van der Waals surface area contributed by atoms with Gasteiger partial charge in [-0.05, 0) is 55.0 Å². The molecule has 1 heterocycles. The van der Waals surface area contributed by atoms with Crippen LogP contribution >= 0.6 is 0 Å². The molecule has 1 N–H and O–H groups in total. The number of benzene rings is 1. The van der Waals surface area contributed by atoms with Gasteiger partial charge in [0.25, 0.3) is 5.91 Å². The second-order valence-electron chi connectivity index (χ2n) is 7.39. The molecule has 1 amide bonds. The zero-order chi connectivity index (χ0) is 24.4. The monoisotopic (exact) mass is 452 g/mol. The lowest BCUT2D eigenvalue weighted by atomic mass is 9.95. The highest BCUT2D eigenvalue weighted by Gasteiger charge is 2.24. The van der Waals surface area contributed by atoms with Crippen LogP contribution in [0.1, 0.15) is 76.9 Å². The third kappa shape index (κ3) is 6.51. The van der Waals surface area contributed by atoms with Gasteiger partial charge in [-0.2, -0.15) is 0 Å². The first-order chi connectivity index (χ1) is 16.0. The Kier molecular flexibility index (Phi) is 9.79. The molecule has 3 rings (SSSR count). The highest BCUT2D eigenvalue weighted by molar-refractivity contribution is 6.01. The van der Waals surface area contributed by atoms with Crippen LogP contribution < -0.4 is 10.1 Å². The predicted molar refractivity (Wildman–Crippen MR) is 129 cm³/mol. The molecule has 0 bridgehead atoms. The Morgan fingerprint density at radius 3 is 2.48 bits per heavy atom. The summed E-state index contributed by atoms with van der Waals surface area (Å²) < 4.78 is 10.7. The van der Waals surface area contributed by atoms with Crippen LogP contribution in [-0.4, -0.2) is 43.4 Å². The molecule has 1 saturated carbocycles. The van der Waals surface area contributed by atoms with Crippen molar-refractivity contribution in [2.24, 2.45) is 5.92 Å². The Bertz CT molecular complexity index is 1010. The lowest BCUT2D eigenvalue weighted by Crippen LogP contribution is -2.27. The fraction of sp³-hybridized carbons (Fsp3) is 0.385. The molecule has 2 aromatic rings. The lowest BCUT2D eigenvalue weighted by molar-refractivity contribution is 0.0499. The minimum Gasteiger partial charge on any atom is -0.496 e. The normalized spacial score (nSPS) is 12.1. The van der Waals surface area contributed by atoms with E-state index in [2.05, 4.69) is 16.9 Å². The number of methoxy groups -OCH3 is 1. The van der Waals surface area contributed by atoms with Gasteiger partial charge in [-0.25, -0.2) is 9.78 Å². The average Bonchev–Trinajstić information content (AvgIpc) is 3.70. The van der Waals surface area contributed by atoms with Crippen LogP contribution in [-0.2, 0) is 4.74 Å². The first-order valence-electron chi connectivity index (χ1n) is 11.3. The number of aromatic nitrogens is 1. The number of ether oxygens (including phenoxy) is 2. The van der Waals surface area contributed by atoms with E-state index in [-0.39, 0.29) is 23.9 Å². The van der Waals surface area contributed by atoms with Gasteiger partial charge in [0.15, 0.2) is 12.0 Å². The minimum atomic E-state index is -0.655. The van der Waals surface area contributed by atoms with Crippen LogP contribution in [0.25, 0.3) is 17.2 Å². The summed E-state index contributed by atoms with van der Waals surface area (Å²) in [7, 11) is 1.51. The standard InChI is InChI=1S/C24H26N2O5.C2H6/c1-4-10-31-24(29)22-18(8-9-20(26-22)23(28)25-13-15-6-7-15)19-12-21(30-3)16(5-2)11-17(19)14-27;1-2/h5,8-9,11-12,14-15H,2,4,6-7,10,13H2,1,3H3,(H,25,28);1-2H3. The number of amides is 1. The molecule has 1 aliphatic rings. The topological polar surface area (TPSA) is 94.6 Å². The molecule has 0 unspecified atom stereocenters. The highest BCUT2D eigenvalue weighted by Crippen LogP contribution is 2.33. The zero-order valence-electron chi connectivity index (χ0n) is 19.8. The van der Waals surface area contributed by atoms with Gasteiger partial charge in [-0.15, -0.1) is 0 Å². The molecule has 1 fully saturated rings. The second kappa shape index (κ2) is 12.5. The Balaban J connectivity index is 0.00000187. The van der Waals surface area contributed by atoms with Crippen LogP contribution in [0.2, 0.25) is 0 Å². The van der Waals surface area contributed by atoms with Crippen LogP contribution in [0, 0.1) is 5.92 Å². The maximum absolute atomic E-state index is 12.8. The third-order valence-electron chi connectivity index (χ3n) is 5.05. The van der Waals surface area contributed by atoms with E-state index >= 15 is 0 Å². The summed E-state index contributed by atoms with van der Waals surface area (Å²) in [6.07, 6.45) is 5.14. The van der Waals surface area contributed by atoms with Crippen molar-refractivity contribution >= 4 is 24.2 Å². The summed E-state index contributed by atoms with van der Waals surface area (Å²) >= 11 is 0. The van der Waals surface area contributed by atoms with Gasteiger partial charge in [-0.3, -0.25) is 9.59 Å². The number of nitrogens with zero attached hydrogens (tertiary/aromatic N) is 1. The minimum absolute atomic E-state index is 0.0240. The molecular weight excluding hydrogens is 420 g/mol. The van der Waals surface area contributed by atoms with Gasteiger partial charge < -0.3 is 14.8 Å². The molecule has 0 spiro atoms. The average molecular weight is 453 g/mol. The van der Waals surface area contributed by atoms with Crippen LogP contribution in [0.5, 0.6) is 5.75 Å². The van der Waals surface area contributed by atoms with Crippen molar-refractivity contribution in [2.45, 2.75) is 40.0 Å². The van der Waals surface area contributed by atoms with Crippen molar-refractivity contribution in [2.75, 3.05) is 20.3 Å². The maximum atomic E-state index is 12.8. The molecule has 0 aliphatic heterocycles. The molecule has 0 radical (unpaired) electrons. The summed E-state index contributed by atoms with van der Waals surface area (Å²) in [6.45, 7) is 10.4. The van der Waals surface area contributed by atoms with Crippen LogP contribution in [0.15, 0.2) is 30.8 Å². The van der Waals surface area contributed by atoms with Gasteiger partial charge in [0.2, 0.25) is 0 Å². The van der Waals surface area contributed by atoms with Crippen molar-refractivity contribution in [3.63, 3.8) is 0 Å². The Morgan fingerprint density at radius 2 is 1.91 bits per heavy atom. The summed E-state index contributed by atoms with van der Waals surface area (Å²) in [5, 5.41) is 2.84. The third-order valence-corrected chi connectivity index (χ3v) is 5.05. The fourth-order valence-corrected chi connectivity index (χ4v) is 3.15. The predicted octanol–water partition coefficient (Wildman–Crippen LogP) is 4.95. The van der Waals surface area contributed by atoms with E-state index in [1.165, 1.54) is 13.2 Å². The fourth-order valence-electron chi connectivity index (χ4n) is 3.15. The largest absolute Gasteiger partial charge is 0.496 e. The summed E-state index contributed by atoms with van der Waals surface area (Å²) in [4.78, 5) is 41.4. The van der Waals surface area contributed by atoms with Crippen LogP contribution in [0.4, 0.5) is 0 Å². The van der Waals surface area contributed by atoms with E-state index in [4.69, 9.17) is 9.47 Å². The van der Waals surface area contributed by atoms with Crippen molar-refractivity contribution in [1.29, 1.82) is 0 Å². The van der Waals surface area contributed by atoms with Gasteiger partial charge in [-0.1, -0.05) is 33.4 Å². The van der Waals surface area contributed by atoms with Gasteiger partial charge in [0, 0.05) is 23.2 Å². The van der Waals surface area contributed by atoms with Gasteiger partial charge in [0.1, 0.15) is 11.4 Å². The number of pyridine rings is 1. The number of rotatable bonds is 10. The SMILES string of the molecule is C=Cc1cc(C=O)c(-c2ccc(C(=O)NCC3CC3)nc2C(=O)OCCC)cc1OC.CC. The van der Waals surface area contributed by atoms with E-state index in [0.29, 0.717) is 53.2 Å². The summed E-state index contributed by atoms with van der Waals surface area (Å²) in [5.74, 6) is 0.00780. The molecular formula is C26H32N2O5. The Labute approximate surface area is 195 Å². The van der Waals surface area contributed by atoms with Crippen LogP contribution in [0.3, 0.4) is 0 Å². The van der Waals surface area contributed by atoms with E-state index in [1.54, 1.807) is 24.3 Å². The molecule has 1 aromatic heterocycles. The second-order valence-corrected chi connectivity index (χ2v) is 7.39. The maximum Gasteiger partial charge on any atom is 0.357 e. The molecule has 176 valence electrons. The number of carbonyl (C=O) groups excluding carboxylic acids is 3. The van der Waals surface area contributed by atoms with Crippen molar-refractivity contribution in [1.82, 2.24) is 10.3 Å². The van der Waals surface area contributed by atoms with E-state index < -0.39 is 5.97 Å². The van der Waals surface area contributed by atoms with Crippen molar-refractivity contribution in [3.05, 3.63) is 53.4 Å². The Morgan fingerprint density at radius 1 is 1.18 bits per heavy atom. The number of aldehydes is 1. The number of hydrogen-bond acceptors (Lipinski definition) is 6. The number of hydrogen-bond donors (Lipinski definition) is 1. The molecule has 33 heavy (non-hydrogen) atoms. The Hall–Kier alpha value is -3.48. The zero-order valence-corrected chi connectivity index (χ0v) is 19.8.